The zero-order chi connectivity index (χ0) is 20.9. The van der Waals surface area contributed by atoms with E-state index >= 15 is 0 Å². The standard InChI is InChI=1S/C22H21F2N3O2/c1-12(27(3)22(29)20-8-13-6-4-5-7-19(13)25-20)16-11-26(2)21(28)15-10-18(24)17(23)9-14(15)16/h4-7,9-12,20,25H,8H2,1-3H3/t12?,20-/m1/s1. The van der Waals surface area contributed by atoms with Crippen LogP contribution in [0.3, 0.4) is 0 Å². The SMILES string of the molecule is CC(c1cn(C)c(=O)c2cc(F)c(F)cc12)N(C)C(=O)[C@H]1Cc2ccccc2N1. The second-order valence-electron chi connectivity index (χ2n) is 7.50. The van der Waals surface area contributed by atoms with E-state index in [9.17, 15) is 18.4 Å². The van der Waals surface area contributed by atoms with Crippen molar-refractivity contribution in [3.05, 3.63) is 75.7 Å². The monoisotopic (exact) mass is 397 g/mol. The molecule has 2 atom stereocenters. The zero-order valence-corrected chi connectivity index (χ0v) is 16.4. The number of nitrogens with one attached hydrogen (secondary N) is 1. The molecule has 0 fully saturated rings. The third-order valence-corrected chi connectivity index (χ3v) is 5.70. The molecular formula is C22H21F2N3O2. The van der Waals surface area contributed by atoms with Gasteiger partial charge in [-0.3, -0.25) is 9.59 Å². The van der Waals surface area contributed by atoms with Crippen molar-refractivity contribution in [1.82, 2.24) is 9.47 Å². The van der Waals surface area contributed by atoms with Crippen LogP contribution in [0, 0.1) is 11.6 Å². The maximum absolute atomic E-state index is 13.9. The Labute approximate surface area is 166 Å². The second kappa shape index (κ2) is 6.99. The van der Waals surface area contributed by atoms with Gasteiger partial charge in [0.05, 0.1) is 11.4 Å². The minimum Gasteiger partial charge on any atom is -0.373 e. The molecule has 0 spiro atoms. The molecule has 1 N–H and O–H groups in total. The van der Waals surface area contributed by atoms with Gasteiger partial charge in [-0.25, -0.2) is 8.78 Å². The molecule has 0 aliphatic carbocycles. The number of hydrogen-bond donors (Lipinski definition) is 1. The molecule has 1 aliphatic rings. The van der Waals surface area contributed by atoms with E-state index in [0.717, 1.165) is 23.4 Å². The lowest BCUT2D eigenvalue weighted by molar-refractivity contribution is -0.132. The molecule has 4 rings (SSSR count). The molecule has 0 radical (unpaired) electrons. The number of anilines is 1. The number of fused-ring (bicyclic) bond motifs is 2. The summed E-state index contributed by atoms with van der Waals surface area (Å²) in [6, 6.07) is 8.86. The largest absolute Gasteiger partial charge is 0.373 e. The van der Waals surface area contributed by atoms with Crippen molar-refractivity contribution in [2.45, 2.75) is 25.4 Å². The van der Waals surface area contributed by atoms with Crippen LogP contribution in [0.5, 0.6) is 0 Å². The number of likely N-dealkylation sites (N-methyl/N-ethyl adjacent to an activating group) is 1. The number of carbonyl (C=O) groups excluding carboxylic acids is 1. The highest BCUT2D eigenvalue weighted by molar-refractivity contribution is 5.89. The Morgan fingerprint density at radius 1 is 1.21 bits per heavy atom. The first-order chi connectivity index (χ1) is 13.8. The van der Waals surface area contributed by atoms with Gasteiger partial charge in [0.1, 0.15) is 6.04 Å². The number of hydrogen-bond acceptors (Lipinski definition) is 3. The third kappa shape index (κ3) is 3.16. The smallest absolute Gasteiger partial charge is 0.258 e. The number of para-hydroxylation sites is 1. The van der Waals surface area contributed by atoms with Gasteiger partial charge in [0, 0.05) is 32.4 Å². The predicted molar refractivity (Wildman–Crippen MR) is 108 cm³/mol. The van der Waals surface area contributed by atoms with Gasteiger partial charge in [-0.1, -0.05) is 18.2 Å². The summed E-state index contributed by atoms with van der Waals surface area (Å²) in [5, 5.41) is 3.63. The van der Waals surface area contributed by atoms with Crippen LogP contribution in [-0.2, 0) is 18.3 Å². The Balaban J connectivity index is 1.69. The highest BCUT2D eigenvalue weighted by Gasteiger charge is 2.31. The molecule has 2 heterocycles. The Kier molecular flexibility index (Phi) is 4.61. The summed E-state index contributed by atoms with van der Waals surface area (Å²) < 4.78 is 29.0. The van der Waals surface area contributed by atoms with E-state index in [2.05, 4.69) is 5.32 Å². The van der Waals surface area contributed by atoms with Gasteiger partial charge in [-0.15, -0.1) is 0 Å². The highest BCUT2D eigenvalue weighted by atomic mass is 19.2. The molecule has 7 heteroatoms. The van der Waals surface area contributed by atoms with Crippen molar-refractivity contribution in [3.8, 4) is 0 Å². The Hall–Kier alpha value is -3.22. The molecule has 0 bridgehead atoms. The van der Waals surface area contributed by atoms with E-state index in [1.165, 1.54) is 4.57 Å². The van der Waals surface area contributed by atoms with Crippen molar-refractivity contribution < 1.29 is 13.6 Å². The van der Waals surface area contributed by atoms with E-state index in [1.54, 1.807) is 32.1 Å². The topological polar surface area (TPSA) is 54.3 Å². The number of pyridine rings is 1. The van der Waals surface area contributed by atoms with E-state index < -0.39 is 29.3 Å². The van der Waals surface area contributed by atoms with Crippen molar-refractivity contribution in [2.75, 3.05) is 12.4 Å². The lowest BCUT2D eigenvalue weighted by Gasteiger charge is -2.29. The minimum atomic E-state index is -1.07. The van der Waals surface area contributed by atoms with E-state index in [1.807, 2.05) is 24.3 Å². The molecule has 1 unspecified atom stereocenters. The first kappa shape index (κ1) is 19.1. The van der Waals surface area contributed by atoms with Gasteiger partial charge >= 0.3 is 0 Å². The maximum atomic E-state index is 13.9. The average Bonchev–Trinajstić information content (AvgIpc) is 3.15. The Morgan fingerprint density at radius 2 is 1.86 bits per heavy atom. The van der Waals surface area contributed by atoms with Crippen LogP contribution in [0.2, 0.25) is 0 Å². The molecule has 2 aromatic carbocycles. The molecule has 0 saturated carbocycles. The first-order valence-electron chi connectivity index (χ1n) is 9.37. The van der Waals surface area contributed by atoms with Crippen LogP contribution in [0.4, 0.5) is 14.5 Å². The third-order valence-electron chi connectivity index (χ3n) is 5.70. The van der Waals surface area contributed by atoms with Crippen LogP contribution in [0.15, 0.2) is 47.4 Å². The fraction of sp³-hybridized carbons (Fsp3) is 0.273. The van der Waals surface area contributed by atoms with Crippen molar-refractivity contribution in [1.29, 1.82) is 0 Å². The number of rotatable bonds is 3. The van der Waals surface area contributed by atoms with Crippen LogP contribution in [0.25, 0.3) is 10.8 Å². The van der Waals surface area contributed by atoms with Crippen LogP contribution < -0.4 is 10.9 Å². The minimum absolute atomic E-state index is 0.0861. The van der Waals surface area contributed by atoms with Gasteiger partial charge < -0.3 is 14.8 Å². The zero-order valence-electron chi connectivity index (χ0n) is 16.4. The molecule has 3 aromatic rings. The molecule has 0 saturated heterocycles. The first-order valence-corrected chi connectivity index (χ1v) is 9.37. The summed E-state index contributed by atoms with van der Waals surface area (Å²) in [5.74, 6) is -2.21. The predicted octanol–water partition coefficient (Wildman–Crippen LogP) is 3.37. The lowest BCUT2D eigenvalue weighted by Crippen LogP contribution is -2.41. The van der Waals surface area contributed by atoms with Gasteiger partial charge in [-0.2, -0.15) is 0 Å². The molecule has 5 nitrogen and oxygen atoms in total. The fourth-order valence-corrected chi connectivity index (χ4v) is 3.91. The molecule has 1 amide bonds. The average molecular weight is 397 g/mol. The number of halogens is 2. The number of aryl methyl sites for hydroxylation is 1. The Bertz CT molecular complexity index is 1160. The van der Waals surface area contributed by atoms with Crippen molar-refractivity contribution in [3.63, 3.8) is 0 Å². The van der Waals surface area contributed by atoms with Crippen LogP contribution in [0.1, 0.15) is 24.1 Å². The molecule has 150 valence electrons. The summed E-state index contributed by atoms with van der Waals surface area (Å²) in [7, 11) is 3.23. The Morgan fingerprint density at radius 3 is 2.55 bits per heavy atom. The van der Waals surface area contributed by atoms with E-state index in [-0.39, 0.29) is 11.3 Å². The summed E-state index contributed by atoms with van der Waals surface area (Å²) in [6.07, 6.45) is 2.16. The maximum Gasteiger partial charge on any atom is 0.258 e. The summed E-state index contributed by atoms with van der Waals surface area (Å²) in [5.41, 5.74) is 2.18. The van der Waals surface area contributed by atoms with Gasteiger partial charge in [0.25, 0.3) is 5.56 Å². The van der Waals surface area contributed by atoms with Gasteiger partial charge in [-0.05, 0) is 41.6 Å². The van der Waals surface area contributed by atoms with Crippen molar-refractivity contribution >= 4 is 22.4 Å². The van der Waals surface area contributed by atoms with E-state index in [0.29, 0.717) is 17.4 Å². The van der Waals surface area contributed by atoms with E-state index in [4.69, 9.17) is 0 Å². The number of nitrogens with zero attached hydrogens (tertiary/aromatic N) is 2. The highest BCUT2D eigenvalue weighted by Crippen LogP contribution is 2.30. The van der Waals surface area contributed by atoms with Gasteiger partial charge in [0.15, 0.2) is 11.6 Å². The second-order valence-corrected chi connectivity index (χ2v) is 7.50. The molecular weight excluding hydrogens is 376 g/mol. The molecule has 29 heavy (non-hydrogen) atoms. The van der Waals surface area contributed by atoms with Crippen LogP contribution >= 0.6 is 0 Å². The van der Waals surface area contributed by atoms with Gasteiger partial charge in [0.2, 0.25) is 5.91 Å². The number of amides is 1. The molecule has 1 aliphatic heterocycles. The quantitative estimate of drug-likeness (QED) is 0.737. The van der Waals surface area contributed by atoms with Crippen molar-refractivity contribution in [2.24, 2.45) is 7.05 Å². The summed E-state index contributed by atoms with van der Waals surface area (Å²) >= 11 is 0. The number of carbonyl (C=O) groups is 1. The number of aromatic nitrogens is 1. The lowest BCUT2D eigenvalue weighted by atomic mass is 10.00. The normalized spacial score (nSPS) is 16.4. The summed E-state index contributed by atoms with van der Waals surface area (Å²) in [4.78, 5) is 27.1. The molecule has 1 aromatic heterocycles. The van der Waals surface area contributed by atoms with Crippen LogP contribution in [-0.4, -0.2) is 28.5 Å². The fourth-order valence-electron chi connectivity index (χ4n) is 3.91. The summed E-state index contributed by atoms with van der Waals surface area (Å²) in [6.45, 7) is 1.81. The number of benzene rings is 2.